The number of hydrogen-bond donors (Lipinski definition) is 2. The number of nitrogens with zero attached hydrogens (tertiary/aromatic N) is 3. The van der Waals surface area contributed by atoms with Crippen molar-refractivity contribution in [2.45, 2.75) is 39.2 Å². The number of piperidine rings is 1. The van der Waals surface area contributed by atoms with E-state index in [1.807, 2.05) is 32.0 Å². The zero-order valence-corrected chi connectivity index (χ0v) is 18.6. The van der Waals surface area contributed by atoms with Gasteiger partial charge < -0.3 is 4.74 Å². The highest BCUT2D eigenvalue weighted by atomic mass is 32.1. The van der Waals surface area contributed by atoms with Gasteiger partial charge in [0.1, 0.15) is 11.6 Å². The highest BCUT2D eigenvalue weighted by molar-refractivity contribution is 7.17. The Bertz CT molecular complexity index is 1300. The summed E-state index contributed by atoms with van der Waals surface area (Å²) in [6, 6.07) is 5.51. The van der Waals surface area contributed by atoms with Crippen molar-refractivity contribution in [1.82, 2.24) is 15.1 Å². The fourth-order valence-corrected chi connectivity index (χ4v) is 4.87. The first kappa shape index (κ1) is 21.5. The molecule has 2 aromatic heterocycles. The van der Waals surface area contributed by atoms with Crippen molar-refractivity contribution < 1.29 is 19.1 Å². The fourth-order valence-electron chi connectivity index (χ4n) is 3.88. The van der Waals surface area contributed by atoms with Crippen LogP contribution >= 0.6 is 11.3 Å². The highest BCUT2D eigenvalue weighted by Crippen LogP contribution is 2.39. The summed E-state index contributed by atoms with van der Waals surface area (Å²) in [4.78, 5) is 40.7. The smallest absolute Gasteiger partial charge is 0.411 e. The number of benzene rings is 1. The summed E-state index contributed by atoms with van der Waals surface area (Å²) in [5.74, 6) is -1.13. The molecule has 3 heterocycles. The van der Waals surface area contributed by atoms with Gasteiger partial charge in [0, 0.05) is 24.4 Å². The second kappa shape index (κ2) is 8.43. The number of aromatic nitrogens is 2. The third kappa shape index (κ3) is 3.83. The molecule has 1 fully saturated rings. The van der Waals surface area contributed by atoms with E-state index in [4.69, 9.17) is 11.3 Å². The number of ether oxygens (including phenoxy) is 1. The molecule has 32 heavy (non-hydrogen) atoms. The molecule has 1 saturated heterocycles. The highest BCUT2D eigenvalue weighted by Gasteiger charge is 2.32. The lowest BCUT2D eigenvalue weighted by atomic mass is 9.92. The molecule has 0 aliphatic carbocycles. The molecule has 1 atom stereocenters. The number of amides is 3. The number of anilines is 1. The van der Waals surface area contributed by atoms with Crippen molar-refractivity contribution in [3.05, 3.63) is 51.3 Å². The molecule has 164 valence electrons. The summed E-state index contributed by atoms with van der Waals surface area (Å²) in [6.07, 6.45) is 0.0231. The number of hydrogen-bond acceptors (Lipinski definition) is 6. The maximum absolute atomic E-state index is 12.4. The Morgan fingerprint density at radius 1 is 1.41 bits per heavy atom. The van der Waals surface area contributed by atoms with Crippen LogP contribution in [-0.4, -0.2) is 27.7 Å². The number of para-hydroxylation sites is 1. The van der Waals surface area contributed by atoms with Gasteiger partial charge in [-0.2, -0.15) is 5.10 Å². The molecule has 3 amide bonds. The van der Waals surface area contributed by atoms with Gasteiger partial charge in [0.15, 0.2) is 0 Å². The number of carbonyl (C=O) groups excluding carboxylic acids is 3. The van der Waals surface area contributed by atoms with Gasteiger partial charge in [-0.1, -0.05) is 18.2 Å². The molecule has 4 rings (SSSR count). The Morgan fingerprint density at radius 3 is 2.91 bits per heavy atom. The van der Waals surface area contributed by atoms with E-state index in [1.165, 1.54) is 11.3 Å². The lowest BCUT2D eigenvalue weighted by Crippen LogP contribution is -2.39. The first-order chi connectivity index (χ1) is 15.3. The van der Waals surface area contributed by atoms with Crippen LogP contribution in [0.4, 0.5) is 15.5 Å². The molecule has 0 bridgehead atoms. The zero-order chi connectivity index (χ0) is 23.0. The molecular formula is C22H21N5O4S. The SMILES string of the molecule is [C-]#[N+]c1c(NC(=O)OCc2cccc3c(C4CCC(=O)NC4=O)nn(C)c23)sc(C)c1C. The fraction of sp³-hybridized carbons (Fsp3) is 0.318. The Morgan fingerprint density at radius 2 is 2.19 bits per heavy atom. The zero-order valence-electron chi connectivity index (χ0n) is 17.8. The second-order valence-electron chi connectivity index (χ2n) is 7.60. The molecule has 0 radical (unpaired) electrons. The average Bonchev–Trinajstić information content (AvgIpc) is 3.22. The number of rotatable bonds is 4. The number of imide groups is 1. The molecule has 1 aliphatic rings. The quantitative estimate of drug-likeness (QED) is 0.459. The largest absolute Gasteiger partial charge is 0.444 e. The van der Waals surface area contributed by atoms with E-state index in [1.54, 1.807) is 11.7 Å². The lowest BCUT2D eigenvalue weighted by Gasteiger charge is -2.19. The summed E-state index contributed by atoms with van der Waals surface area (Å²) in [5, 5.41) is 10.8. The van der Waals surface area contributed by atoms with E-state index in [2.05, 4.69) is 20.6 Å². The molecule has 2 N–H and O–H groups in total. The van der Waals surface area contributed by atoms with Crippen molar-refractivity contribution in [3.8, 4) is 0 Å². The van der Waals surface area contributed by atoms with Crippen molar-refractivity contribution in [2.24, 2.45) is 7.05 Å². The van der Waals surface area contributed by atoms with Crippen LogP contribution in [0, 0.1) is 20.4 Å². The van der Waals surface area contributed by atoms with Crippen LogP contribution in [0.3, 0.4) is 0 Å². The van der Waals surface area contributed by atoms with Gasteiger partial charge in [-0.05, 0) is 30.7 Å². The maximum atomic E-state index is 12.4. The number of thiophene rings is 1. The third-order valence-corrected chi connectivity index (χ3v) is 6.70. The topological polar surface area (TPSA) is 107 Å². The Balaban J connectivity index is 1.54. The van der Waals surface area contributed by atoms with Crippen LogP contribution in [0.5, 0.6) is 0 Å². The van der Waals surface area contributed by atoms with Crippen LogP contribution in [0.25, 0.3) is 15.7 Å². The molecular weight excluding hydrogens is 430 g/mol. The second-order valence-corrected chi connectivity index (χ2v) is 8.82. The van der Waals surface area contributed by atoms with Crippen LogP contribution in [0.2, 0.25) is 0 Å². The number of carbonyl (C=O) groups is 3. The minimum Gasteiger partial charge on any atom is -0.444 e. The molecule has 10 heteroatoms. The minimum absolute atomic E-state index is 0.00577. The van der Waals surface area contributed by atoms with Crippen LogP contribution in [-0.2, 0) is 28.0 Å². The molecule has 9 nitrogen and oxygen atoms in total. The van der Waals surface area contributed by atoms with E-state index in [0.717, 1.165) is 26.9 Å². The van der Waals surface area contributed by atoms with E-state index in [0.29, 0.717) is 22.8 Å². The molecule has 0 spiro atoms. The standard InChI is InChI=1S/C22H21N5O4S/c1-11-12(2)32-21(17(11)23-3)25-22(30)31-10-13-6-5-7-14-18(26-27(4)19(13)14)15-8-9-16(28)24-20(15)29/h5-7,15H,8-10H2,1-2,4H3,(H,25,30)(H,24,28,29). The van der Waals surface area contributed by atoms with E-state index >= 15 is 0 Å². The average molecular weight is 452 g/mol. The molecule has 0 saturated carbocycles. The molecule has 1 unspecified atom stereocenters. The van der Waals surface area contributed by atoms with Crippen molar-refractivity contribution in [3.63, 3.8) is 0 Å². The van der Waals surface area contributed by atoms with Gasteiger partial charge in [-0.15, -0.1) is 11.3 Å². The van der Waals surface area contributed by atoms with E-state index < -0.39 is 12.0 Å². The van der Waals surface area contributed by atoms with Gasteiger partial charge in [0.05, 0.1) is 23.7 Å². The number of fused-ring (bicyclic) bond motifs is 1. The lowest BCUT2D eigenvalue weighted by molar-refractivity contribution is -0.134. The normalized spacial score (nSPS) is 16.0. The van der Waals surface area contributed by atoms with Gasteiger partial charge in [0.2, 0.25) is 17.5 Å². The summed E-state index contributed by atoms with van der Waals surface area (Å²) >= 11 is 1.34. The Kier molecular flexibility index (Phi) is 5.67. The summed E-state index contributed by atoms with van der Waals surface area (Å²) in [7, 11) is 1.76. The first-order valence-electron chi connectivity index (χ1n) is 9.99. The summed E-state index contributed by atoms with van der Waals surface area (Å²) in [5.41, 5.74) is 3.36. The van der Waals surface area contributed by atoms with Gasteiger partial charge >= 0.3 is 6.09 Å². The number of nitrogens with one attached hydrogen (secondary N) is 2. The molecule has 1 aliphatic heterocycles. The van der Waals surface area contributed by atoms with Crippen molar-refractivity contribution in [2.75, 3.05) is 5.32 Å². The first-order valence-corrected chi connectivity index (χ1v) is 10.8. The Hall–Kier alpha value is -3.71. The van der Waals surface area contributed by atoms with Crippen LogP contribution in [0.15, 0.2) is 18.2 Å². The molecule has 1 aromatic carbocycles. The maximum Gasteiger partial charge on any atom is 0.411 e. The summed E-state index contributed by atoms with van der Waals surface area (Å²) in [6.45, 7) is 11.1. The Labute approximate surface area is 188 Å². The van der Waals surface area contributed by atoms with E-state index in [-0.39, 0.29) is 24.8 Å². The van der Waals surface area contributed by atoms with Crippen LogP contribution < -0.4 is 10.6 Å². The van der Waals surface area contributed by atoms with Crippen molar-refractivity contribution >= 4 is 50.8 Å². The third-order valence-electron chi connectivity index (χ3n) is 5.59. The van der Waals surface area contributed by atoms with Crippen LogP contribution in [0.1, 0.15) is 40.5 Å². The predicted molar refractivity (Wildman–Crippen MR) is 120 cm³/mol. The van der Waals surface area contributed by atoms with Gasteiger partial charge in [0.25, 0.3) is 0 Å². The van der Waals surface area contributed by atoms with Gasteiger partial charge in [-0.25, -0.2) is 9.64 Å². The van der Waals surface area contributed by atoms with Gasteiger partial charge in [-0.3, -0.25) is 24.9 Å². The minimum atomic E-state index is -0.652. The molecule has 3 aromatic rings. The monoisotopic (exact) mass is 451 g/mol. The van der Waals surface area contributed by atoms with E-state index in [9.17, 15) is 14.4 Å². The predicted octanol–water partition coefficient (Wildman–Crippen LogP) is 4.07. The summed E-state index contributed by atoms with van der Waals surface area (Å²) < 4.78 is 7.08. The van der Waals surface area contributed by atoms with Crippen molar-refractivity contribution in [1.29, 1.82) is 0 Å². The number of aryl methyl sites for hydroxylation is 2.